The number of rotatable bonds is 8. The number of allylic oxidation sites excluding steroid dienone is 3. The summed E-state index contributed by atoms with van der Waals surface area (Å²) in [5.74, 6) is -3.25. The van der Waals surface area contributed by atoms with Gasteiger partial charge in [0, 0.05) is 36.5 Å². The molecule has 0 spiro atoms. The number of halogens is 7. The van der Waals surface area contributed by atoms with Crippen molar-refractivity contribution in [1.82, 2.24) is 10.2 Å². The Morgan fingerprint density at radius 2 is 1.61 bits per heavy atom. The average molecular weight is 628 g/mol. The van der Waals surface area contributed by atoms with Crippen LogP contribution in [0.15, 0.2) is 58.9 Å². The first kappa shape index (κ1) is 34.5. The molecule has 1 aliphatic heterocycles. The molecular weight excluding hydrogens is 595 g/mol. The molecule has 0 aromatic heterocycles. The van der Waals surface area contributed by atoms with Crippen LogP contribution in [0.5, 0.6) is 0 Å². The molecule has 2 amide bonds. The predicted octanol–water partition coefficient (Wildman–Crippen LogP) is 6.28. The standard InChI is InChI=1S/C31H32F7N3O3/c1-16-9-21(32)7-8-22(16)23(13-26(39-5)24-14-40-27(43)25(24)15-42)17(2)41(6)28(44)29(3,4)18-10-19(30(33,34)35)12-20(11-18)31(36,37)38/h7-13,24-25,42H,5,14-15H2,1-4,6H3,(H,40,43). The molecule has 3 rings (SSSR count). The average Bonchev–Trinajstić information content (AvgIpc) is 3.31. The minimum atomic E-state index is -5.11. The highest BCUT2D eigenvalue weighted by atomic mass is 19.4. The summed E-state index contributed by atoms with van der Waals surface area (Å²) in [4.78, 5) is 31.2. The summed E-state index contributed by atoms with van der Waals surface area (Å²) < 4.78 is 95.5. The van der Waals surface area contributed by atoms with Crippen molar-refractivity contribution in [3.63, 3.8) is 0 Å². The van der Waals surface area contributed by atoms with E-state index in [9.17, 15) is 45.4 Å². The van der Waals surface area contributed by atoms with E-state index in [2.05, 4.69) is 17.0 Å². The quantitative estimate of drug-likeness (QED) is 0.206. The van der Waals surface area contributed by atoms with Gasteiger partial charge in [-0.1, -0.05) is 6.07 Å². The summed E-state index contributed by atoms with van der Waals surface area (Å²) in [6.07, 6.45) is -8.70. The number of aliphatic hydroxyl groups excluding tert-OH is 1. The van der Waals surface area contributed by atoms with E-state index in [1.165, 1.54) is 52.1 Å². The molecule has 2 N–H and O–H groups in total. The Balaban J connectivity index is 2.22. The number of nitrogens with zero attached hydrogens (tertiary/aromatic N) is 2. The Morgan fingerprint density at radius 1 is 1.07 bits per heavy atom. The van der Waals surface area contributed by atoms with Gasteiger partial charge >= 0.3 is 12.4 Å². The van der Waals surface area contributed by atoms with Crippen LogP contribution in [0.25, 0.3) is 5.57 Å². The molecule has 0 aliphatic carbocycles. The van der Waals surface area contributed by atoms with Gasteiger partial charge < -0.3 is 15.3 Å². The largest absolute Gasteiger partial charge is 0.416 e. The fourth-order valence-corrected chi connectivity index (χ4v) is 5.10. The van der Waals surface area contributed by atoms with Crippen molar-refractivity contribution in [3.8, 4) is 0 Å². The van der Waals surface area contributed by atoms with Gasteiger partial charge in [-0.2, -0.15) is 26.3 Å². The highest BCUT2D eigenvalue weighted by molar-refractivity contribution is 5.91. The first-order valence-electron chi connectivity index (χ1n) is 13.4. The zero-order chi connectivity index (χ0) is 33.4. The highest BCUT2D eigenvalue weighted by Gasteiger charge is 2.41. The number of hydrogen-bond acceptors (Lipinski definition) is 4. The van der Waals surface area contributed by atoms with Crippen LogP contribution in [-0.2, 0) is 27.4 Å². The normalized spacial score (nSPS) is 18.6. The van der Waals surface area contributed by atoms with Gasteiger partial charge in [0.1, 0.15) is 5.82 Å². The maximum absolute atomic E-state index is 14.0. The number of benzene rings is 2. The number of carbonyl (C=O) groups excluding carboxylic acids is 2. The molecule has 1 saturated heterocycles. The van der Waals surface area contributed by atoms with Crippen LogP contribution in [-0.4, -0.2) is 48.7 Å². The Hall–Kier alpha value is -4.00. The SMILES string of the molecule is C=NC(=CC(=C(C)N(C)C(=O)C(C)(C)c1cc(C(F)(F)F)cc(C(F)(F)F)c1)c1ccc(F)cc1C)C1CNC(=O)C1CO. The number of aryl methyl sites for hydroxylation is 1. The number of amides is 2. The fraction of sp³-hybridized carbons (Fsp3) is 0.387. The Morgan fingerprint density at radius 3 is 2.09 bits per heavy atom. The third-order valence-electron chi connectivity index (χ3n) is 7.89. The number of carbonyl (C=O) groups is 2. The first-order valence-corrected chi connectivity index (χ1v) is 13.4. The fourth-order valence-electron chi connectivity index (χ4n) is 5.10. The van der Waals surface area contributed by atoms with E-state index in [-0.39, 0.29) is 24.0 Å². The van der Waals surface area contributed by atoms with Gasteiger partial charge in [0.05, 0.1) is 29.1 Å². The molecule has 0 bridgehead atoms. The van der Waals surface area contributed by atoms with Gasteiger partial charge in [-0.3, -0.25) is 14.6 Å². The second-order valence-electron chi connectivity index (χ2n) is 11.1. The topological polar surface area (TPSA) is 82.0 Å². The second kappa shape index (κ2) is 12.5. The highest BCUT2D eigenvalue weighted by Crippen LogP contribution is 2.40. The van der Waals surface area contributed by atoms with E-state index in [0.29, 0.717) is 28.8 Å². The van der Waals surface area contributed by atoms with E-state index in [1.807, 2.05) is 0 Å². The molecule has 13 heteroatoms. The van der Waals surface area contributed by atoms with Crippen molar-refractivity contribution in [2.24, 2.45) is 16.8 Å². The third kappa shape index (κ3) is 7.03. The number of likely N-dealkylation sites (N-methyl/N-ethyl adjacent to an activating group) is 1. The third-order valence-corrected chi connectivity index (χ3v) is 7.89. The molecule has 1 aliphatic rings. The molecule has 0 radical (unpaired) electrons. The van der Waals surface area contributed by atoms with Gasteiger partial charge in [0.2, 0.25) is 11.8 Å². The molecule has 1 heterocycles. The predicted molar refractivity (Wildman–Crippen MR) is 151 cm³/mol. The van der Waals surface area contributed by atoms with Gasteiger partial charge in [-0.15, -0.1) is 0 Å². The van der Waals surface area contributed by atoms with E-state index >= 15 is 0 Å². The van der Waals surface area contributed by atoms with Crippen molar-refractivity contribution in [1.29, 1.82) is 0 Å². The summed E-state index contributed by atoms with van der Waals surface area (Å²) in [5.41, 5.74) is -3.88. The van der Waals surface area contributed by atoms with Crippen LogP contribution in [0.4, 0.5) is 30.7 Å². The summed E-state index contributed by atoms with van der Waals surface area (Å²) in [6.45, 7) is 8.74. The summed E-state index contributed by atoms with van der Waals surface area (Å²) in [7, 11) is 1.31. The van der Waals surface area contributed by atoms with Gasteiger partial charge in [0.25, 0.3) is 0 Å². The minimum absolute atomic E-state index is 0.00872. The molecule has 0 saturated carbocycles. The lowest BCUT2D eigenvalue weighted by Gasteiger charge is -2.32. The zero-order valence-corrected chi connectivity index (χ0v) is 24.6. The van der Waals surface area contributed by atoms with Crippen LogP contribution in [0.2, 0.25) is 0 Å². The lowest BCUT2D eigenvalue weighted by Crippen LogP contribution is -2.41. The number of nitrogens with one attached hydrogen (secondary N) is 1. The minimum Gasteiger partial charge on any atom is -0.396 e. The van der Waals surface area contributed by atoms with Crippen LogP contribution >= 0.6 is 0 Å². The molecule has 2 aromatic carbocycles. The molecule has 238 valence electrons. The maximum atomic E-state index is 14.0. The van der Waals surface area contributed by atoms with Gasteiger partial charge in [-0.05, 0) is 87.5 Å². The molecule has 1 fully saturated rings. The summed E-state index contributed by atoms with van der Waals surface area (Å²) in [6, 6.07) is 4.88. The number of alkyl halides is 6. The smallest absolute Gasteiger partial charge is 0.396 e. The van der Waals surface area contributed by atoms with Crippen molar-refractivity contribution >= 4 is 24.1 Å². The van der Waals surface area contributed by atoms with Crippen molar-refractivity contribution < 1.29 is 45.4 Å². The Kier molecular flexibility index (Phi) is 9.83. The Bertz CT molecular complexity index is 1490. The van der Waals surface area contributed by atoms with Crippen molar-refractivity contribution in [2.45, 2.75) is 45.5 Å². The lowest BCUT2D eigenvalue weighted by atomic mass is 9.81. The first-order chi connectivity index (χ1) is 20.2. The molecule has 44 heavy (non-hydrogen) atoms. The van der Waals surface area contributed by atoms with Crippen LogP contribution < -0.4 is 5.32 Å². The van der Waals surface area contributed by atoms with E-state index in [0.717, 1.165) is 4.90 Å². The van der Waals surface area contributed by atoms with Gasteiger partial charge in [0.15, 0.2) is 0 Å². The van der Waals surface area contributed by atoms with Gasteiger partial charge in [-0.25, -0.2) is 4.39 Å². The molecule has 2 atom stereocenters. The lowest BCUT2D eigenvalue weighted by molar-refractivity contribution is -0.143. The number of aliphatic imine (C=N–C) groups is 1. The molecule has 2 unspecified atom stereocenters. The maximum Gasteiger partial charge on any atom is 0.416 e. The van der Waals surface area contributed by atoms with E-state index < -0.39 is 70.5 Å². The Labute approximate surface area is 250 Å². The summed E-state index contributed by atoms with van der Waals surface area (Å²) >= 11 is 0. The summed E-state index contributed by atoms with van der Waals surface area (Å²) in [5, 5.41) is 12.4. The van der Waals surface area contributed by atoms with E-state index in [4.69, 9.17) is 0 Å². The second-order valence-corrected chi connectivity index (χ2v) is 11.1. The molecule has 6 nitrogen and oxygen atoms in total. The number of hydrogen-bond donors (Lipinski definition) is 2. The monoisotopic (exact) mass is 627 g/mol. The zero-order valence-electron chi connectivity index (χ0n) is 24.6. The molecular formula is C31H32F7N3O3. The number of aliphatic hydroxyl groups is 1. The van der Waals surface area contributed by atoms with Crippen LogP contribution in [0, 0.1) is 24.6 Å². The van der Waals surface area contributed by atoms with E-state index in [1.54, 1.807) is 6.92 Å². The van der Waals surface area contributed by atoms with Crippen LogP contribution in [0.1, 0.15) is 48.6 Å². The van der Waals surface area contributed by atoms with Crippen molar-refractivity contribution in [3.05, 3.63) is 87.5 Å². The van der Waals surface area contributed by atoms with Crippen molar-refractivity contribution in [2.75, 3.05) is 20.2 Å². The van der Waals surface area contributed by atoms with Crippen LogP contribution in [0.3, 0.4) is 0 Å². The molecule has 2 aromatic rings.